The van der Waals surface area contributed by atoms with Crippen molar-refractivity contribution >= 4 is 28.6 Å². The summed E-state index contributed by atoms with van der Waals surface area (Å²) in [5.41, 5.74) is 3.54. The van der Waals surface area contributed by atoms with E-state index in [2.05, 4.69) is 37.4 Å². The summed E-state index contributed by atoms with van der Waals surface area (Å²) < 4.78 is 7.97. The largest absolute Gasteiger partial charge is 0.439 e. The van der Waals surface area contributed by atoms with Gasteiger partial charge in [-0.15, -0.1) is 0 Å². The molecule has 9 nitrogen and oxygen atoms in total. The van der Waals surface area contributed by atoms with Gasteiger partial charge in [0.25, 0.3) is 0 Å². The third kappa shape index (κ3) is 6.37. The number of rotatable bonds is 8. The lowest BCUT2D eigenvalue weighted by molar-refractivity contribution is -0.111. The van der Waals surface area contributed by atoms with E-state index >= 15 is 0 Å². The molecule has 1 amide bonds. The molecule has 0 spiro atoms. The zero-order valence-corrected chi connectivity index (χ0v) is 21.8. The molecule has 1 aliphatic rings. The fourth-order valence-corrected chi connectivity index (χ4v) is 4.44. The van der Waals surface area contributed by atoms with E-state index in [1.165, 1.54) is 0 Å². The number of nitrogens with zero attached hydrogens (tertiary/aromatic N) is 5. The number of hydrogen-bond donors (Lipinski definition) is 2. The second kappa shape index (κ2) is 11.9. The van der Waals surface area contributed by atoms with Gasteiger partial charge in [-0.2, -0.15) is 0 Å². The number of fused-ring (bicyclic) bond motifs is 1. The molecule has 5 rings (SSSR count). The molecule has 196 valence electrons. The SMILES string of the molecule is Cc1ccccc1Nc1ncc(Oc2cccc(NC(=O)/C=C/CN3CCCN(C)CC3)c2)n2cncc12. The summed E-state index contributed by atoms with van der Waals surface area (Å²) >= 11 is 0. The summed E-state index contributed by atoms with van der Waals surface area (Å²) in [4.78, 5) is 26.1. The lowest BCUT2D eigenvalue weighted by atomic mass is 10.2. The number of hydrogen-bond acceptors (Lipinski definition) is 7. The summed E-state index contributed by atoms with van der Waals surface area (Å²) in [5.74, 6) is 1.61. The van der Waals surface area contributed by atoms with Gasteiger partial charge in [0, 0.05) is 43.2 Å². The van der Waals surface area contributed by atoms with Gasteiger partial charge in [-0.3, -0.25) is 14.1 Å². The van der Waals surface area contributed by atoms with E-state index in [4.69, 9.17) is 4.74 Å². The number of ether oxygens (including phenoxy) is 1. The molecule has 2 N–H and O–H groups in total. The molecule has 9 heteroatoms. The maximum absolute atomic E-state index is 12.5. The van der Waals surface area contributed by atoms with Crippen molar-refractivity contribution in [3.05, 3.63) is 85.0 Å². The number of carbonyl (C=O) groups excluding carboxylic acids is 1. The Morgan fingerprint density at radius 1 is 1.08 bits per heavy atom. The molecule has 38 heavy (non-hydrogen) atoms. The molecule has 1 saturated heterocycles. The Balaban J connectivity index is 1.22. The molecule has 0 aliphatic carbocycles. The Kier molecular flexibility index (Phi) is 7.96. The van der Waals surface area contributed by atoms with Crippen LogP contribution in [0.4, 0.5) is 17.2 Å². The van der Waals surface area contributed by atoms with Gasteiger partial charge in [-0.05, 0) is 57.2 Å². The van der Waals surface area contributed by atoms with Gasteiger partial charge in [0.05, 0.1) is 12.4 Å². The van der Waals surface area contributed by atoms with Crippen molar-refractivity contribution in [3.8, 4) is 11.6 Å². The lowest BCUT2D eigenvalue weighted by Gasteiger charge is -2.17. The van der Waals surface area contributed by atoms with Crippen molar-refractivity contribution in [1.29, 1.82) is 0 Å². The Morgan fingerprint density at radius 2 is 1.97 bits per heavy atom. The summed E-state index contributed by atoms with van der Waals surface area (Å²) in [6, 6.07) is 15.3. The van der Waals surface area contributed by atoms with Crippen LogP contribution in [0.2, 0.25) is 0 Å². The number of nitrogens with one attached hydrogen (secondary N) is 2. The summed E-state index contributed by atoms with van der Waals surface area (Å²) in [6.07, 6.45) is 9.76. The van der Waals surface area contributed by atoms with E-state index in [9.17, 15) is 4.79 Å². The average Bonchev–Trinajstić information content (AvgIpc) is 3.32. The number of aryl methyl sites for hydroxylation is 1. The topological polar surface area (TPSA) is 87.0 Å². The number of carbonyl (C=O) groups is 1. The quantitative estimate of drug-likeness (QED) is 0.332. The molecule has 0 radical (unpaired) electrons. The third-order valence-electron chi connectivity index (χ3n) is 6.59. The first-order chi connectivity index (χ1) is 18.5. The standard InChI is InChI=1S/C29H33N7O2/c1-22-8-3-4-11-25(22)33-29-26-19-30-21-36(26)28(20-31-29)38-24-10-5-9-23(18-24)32-27(37)12-6-14-35-15-7-13-34(2)16-17-35/h3-6,8-12,18-21H,7,13-17H2,1-2H3,(H,31,33)(H,32,37)/b12-6+. The molecule has 1 fully saturated rings. The molecule has 3 heterocycles. The van der Waals surface area contributed by atoms with Gasteiger partial charge < -0.3 is 20.3 Å². The van der Waals surface area contributed by atoms with Crippen LogP contribution >= 0.6 is 0 Å². The van der Waals surface area contributed by atoms with Crippen LogP contribution in [0.5, 0.6) is 11.6 Å². The van der Waals surface area contributed by atoms with Gasteiger partial charge in [-0.25, -0.2) is 9.97 Å². The van der Waals surface area contributed by atoms with Gasteiger partial charge in [0.1, 0.15) is 17.6 Å². The Hall–Kier alpha value is -4.21. The number of aromatic nitrogens is 3. The third-order valence-corrected chi connectivity index (χ3v) is 6.59. The van der Waals surface area contributed by atoms with Crippen molar-refractivity contribution in [2.75, 3.05) is 50.4 Å². The van der Waals surface area contributed by atoms with Crippen LogP contribution in [0.15, 0.2) is 79.4 Å². The first-order valence-corrected chi connectivity index (χ1v) is 12.9. The van der Waals surface area contributed by atoms with Crippen LogP contribution in [-0.2, 0) is 4.79 Å². The zero-order chi connectivity index (χ0) is 26.3. The maximum atomic E-state index is 12.5. The van der Waals surface area contributed by atoms with E-state index < -0.39 is 0 Å². The molecule has 0 atom stereocenters. The Morgan fingerprint density at radius 3 is 2.87 bits per heavy atom. The monoisotopic (exact) mass is 511 g/mol. The highest BCUT2D eigenvalue weighted by atomic mass is 16.5. The van der Waals surface area contributed by atoms with Crippen molar-refractivity contribution in [2.24, 2.45) is 0 Å². The predicted octanol–water partition coefficient (Wildman–Crippen LogP) is 4.71. The summed E-state index contributed by atoms with van der Waals surface area (Å²) in [6.45, 7) is 7.06. The van der Waals surface area contributed by atoms with Crippen molar-refractivity contribution < 1.29 is 9.53 Å². The Bertz CT molecular complexity index is 1430. The zero-order valence-electron chi connectivity index (χ0n) is 21.8. The second-order valence-electron chi connectivity index (χ2n) is 9.51. The molecule has 2 aromatic heterocycles. The Labute approximate surface area is 222 Å². The van der Waals surface area contributed by atoms with E-state index in [0.717, 1.165) is 55.9 Å². The van der Waals surface area contributed by atoms with E-state index in [1.54, 1.807) is 30.9 Å². The number of anilines is 3. The van der Waals surface area contributed by atoms with E-state index in [-0.39, 0.29) is 5.91 Å². The van der Waals surface area contributed by atoms with E-state index in [1.807, 2.05) is 59.9 Å². The fraction of sp³-hybridized carbons (Fsp3) is 0.276. The molecule has 0 unspecified atom stereocenters. The lowest BCUT2D eigenvalue weighted by Crippen LogP contribution is -2.29. The van der Waals surface area contributed by atoms with Gasteiger partial charge in [0.2, 0.25) is 11.8 Å². The van der Waals surface area contributed by atoms with Crippen LogP contribution < -0.4 is 15.4 Å². The normalized spacial score (nSPS) is 15.0. The predicted molar refractivity (Wildman–Crippen MR) is 150 cm³/mol. The summed E-state index contributed by atoms with van der Waals surface area (Å²) in [7, 11) is 2.15. The minimum Gasteiger partial charge on any atom is -0.439 e. The van der Waals surface area contributed by atoms with Crippen molar-refractivity contribution in [3.63, 3.8) is 0 Å². The molecule has 0 saturated carbocycles. The highest BCUT2D eigenvalue weighted by Crippen LogP contribution is 2.28. The molecule has 4 aromatic rings. The van der Waals surface area contributed by atoms with Gasteiger partial charge in [-0.1, -0.05) is 30.3 Å². The average molecular weight is 512 g/mol. The van der Waals surface area contributed by atoms with E-state index in [0.29, 0.717) is 23.1 Å². The minimum absolute atomic E-state index is 0.167. The van der Waals surface area contributed by atoms with Crippen LogP contribution in [0.3, 0.4) is 0 Å². The number of para-hydroxylation sites is 1. The molecular formula is C29H33N7O2. The first kappa shape index (κ1) is 25.4. The first-order valence-electron chi connectivity index (χ1n) is 12.9. The number of imidazole rings is 1. The number of likely N-dealkylation sites (N-methyl/N-ethyl adjacent to an activating group) is 1. The van der Waals surface area contributed by atoms with Crippen LogP contribution in [0, 0.1) is 6.92 Å². The van der Waals surface area contributed by atoms with Gasteiger partial charge in [0.15, 0.2) is 5.82 Å². The summed E-state index contributed by atoms with van der Waals surface area (Å²) in [5, 5.41) is 6.30. The number of amides is 1. The fourth-order valence-electron chi connectivity index (χ4n) is 4.44. The molecule has 0 bridgehead atoms. The van der Waals surface area contributed by atoms with Gasteiger partial charge >= 0.3 is 0 Å². The maximum Gasteiger partial charge on any atom is 0.248 e. The molecule has 1 aliphatic heterocycles. The number of benzene rings is 2. The molecular weight excluding hydrogens is 478 g/mol. The van der Waals surface area contributed by atoms with Crippen LogP contribution in [-0.4, -0.2) is 69.8 Å². The smallest absolute Gasteiger partial charge is 0.248 e. The van der Waals surface area contributed by atoms with Crippen LogP contribution in [0.1, 0.15) is 12.0 Å². The van der Waals surface area contributed by atoms with Crippen molar-refractivity contribution in [1.82, 2.24) is 24.2 Å². The highest BCUT2D eigenvalue weighted by Gasteiger charge is 2.12. The molecule has 2 aromatic carbocycles. The van der Waals surface area contributed by atoms with Crippen molar-refractivity contribution in [2.45, 2.75) is 13.3 Å². The minimum atomic E-state index is -0.167. The van der Waals surface area contributed by atoms with Crippen LogP contribution in [0.25, 0.3) is 5.52 Å². The second-order valence-corrected chi connectivity index (χ2v) is 9.51. The highest BCUT2D eigenvalue weighted by molar-refractivity contribution is 5.99.